The Morgan fingerprint density at radius 3 is 2.18 bits per heavy atom. The minimum Gasteiger partial charge on any atom is -0.493 e. The van der Waals surface area contributed by atoms with Gasteiger partial charge in [-0.15, -0.1) is 0 Å². The van der Waals surface area contributed by atoms with Crippen LogP contribution in [0, 0.1) is 0 Å². The summed E-state index contributed by atoms with van der Waals surface area (Å²) in [7, 11) is 2.80. The lowest BCUT2D eigenvalue weighted by atomic mass is 9.99. The van der Waals surface area contributed by atoms with Gasteiger partial charge in [-0.1, -0.05) is 24.3 Å². The fraction of sp³-hybridized carbons (Fsp3) is 0.462. The van der Waals surface area contributed by atoms with Crippen LogP contribution in [0.1, 0.15) is 17.2 Å². The third-order valence-electron chi connectivity index (χ3n) is 6.03. The van der Waals surface area contributed by atoms with Crippen LogP contribution in [0.3, 0.4) is 0 Å². The maximum Gasteiger partial charge on any atom is 0.229 e. The Balaban J connectivity index is 1.78. The summed E-state index contributed by atoms with van der Waals surface area (Å²) in [6.45, 7) is -1.26. The van der Waals surface area contributed by atoms with Crippen molar-refractivity contribution in [2.45, 2.75) is 42.9 Å². The summed E-state index contributed by atoms with van der Waals surface area (Å²) in [5.41, 5.74) is 1.06. The summed E-state index contributed by atoms with van der Waals surface area (Å²) in [5.74, 6) is 0.855. The van der Waals surface area contributed by atoms with Crippen molar-refractivity contribution in [3.63, 3.8) is 0 Å². The Morgan fingerprint density at radius 2 is 1.55 bits per heavy atom. The van der Waals surface area contributed by atoms with E-state index in [1.807, 2.05) is 0 Å². The van der Waals surface area contributed by atoms with Gasteiger partial charge in [-0.25, -0.2) is 0 Å². The summed E-state index contributed by atoms with van der Waals surface area (Å²) in [4.78, 5) is 0. The van der Waals surface area contributed by atoms with E-state index in [0.717, 1.165) is 5.56 Å². The SMILES string of the molecule is COc1cc([C@H](O)[C@H](CO)Oc2ccc(C=CCO)cc2OC)ccc1O[C@@H]1O[C@H](CO)[C@@H](O)[C@H](O)[C@H]1O. The Bertz CT molecular complexity index is 1060. The van der Waals surface area contributed by atoms with Crippen LogP contribution in [0.15, 0.2) is 42.5 Å². The Hall–Kier alpha value is -2.94. The van der Waals surface area contributed by atoms with Crippen molar-refractivity contribution in [1.82, 2.24) is 0 Å². The predicted molar refractivity (Wildman–Crippen MR) is 133 cm³/mol. The third kappa shape index (κ3) is 6.73. The number of aliphatic hydroxyl groups excluding tert-OH is 7. The van der Waals surface area contributed by atoms with Crippen LogP contribution < -0.4 is 18.9 Å². The molecule has 1 aliphatic rings. The average Bonchev–Trinajstić information content (AvgIpc) is 2.94. The van der Waals surface area contributed by atoms with Crippen LogP contribution in [0.4, 0.5) is 0 Å². The van der Waals surface area contributed by atoms with Crippen LogP contribution in [0.2, 0.25) is 0 Å². The molecule has 1 aliphatic heterocycles. The normalized spacial score (nSPS) is 25.1. The molecule has 3 rings (SSSR count). The van der Waals surface area contributed by atoms with E-state index in [1.165, 1.54) is 32.4 Å². The van der Waals surface area contributed by atoms with E-state index in [2.05, 4.69) is 0 Å². The first-order valence-electron chi connectivity index (χ1n) is 11.8. The molecule has 0 amide bonds. The van der Waals surface area contributed by atoms with Gasteiger partial charge >= 0.3 is 0 Å². The molecule has 12 nitrogen and oxygen atoms in total. The molecule has 1 heterocycles. The Labute approximate surface area is 219 Å². The van der Waals surface area contributed by atoms with Crippen molar-refractivity contribution in [2.75, 3.05) is 34.0 Å². The maximum atomic E-state index is 11.0. The van der Waals surface area contributed by atoms with Crippen LogP contribution in [0.25, 0.3) is 6.08 Å². The zero-order chi connectivity index (χ0) is 27.8. The quantitative estimate of drug-likeness (QED) is 0.181. The first-order valence-corrected chi connectivity index (χ1v) is 11.8. The third-order valence-corrected chi connectivity index (χ3v) is 6.03. The van der Waals surface area contributed by atoms with E-state index in [1.54, 1.807) is 30.4 Å². The summed E-state index contributed by atoms with van der Waals surface area (Å²) >= 11 is 0. The molecule has 0 radical (unpaired) electrons. The van der Waals surface area contributed by atoms with Gasteiger partial charge in [-0.3, -0.25) is 0 Å². The van der Waals surface area contributed by atoms with Gasteiger partial charge in [-0.2, -0.15) is 0 Å². The van der Waals surface area contributed by atoms with Crippen molar-refractivity contribution in [1.29, 1.82) is 0 Å². The topological polar surface area (TPSA) is 188 Å². The Morgan fingerprint density at radius 1 is 0.868 bits per heavy atom. The molecule has 7 atom stereocenters. The van der Waals surface area contributed by atoms with Crippen LogP contribution in [0.5, 0.6) is 23.0 Å². The highest BCUT2D eigenvalue weighted by Gasteiger charge is 2.45. The molecule has 2 aromatic carbocycles. The molecule has 0 unspecified atom stereocenters. The van der Waals surface area contributed by atoms with Crippen molar-refractivity contribution in [2.24, 2.45) is 0 Å². The number of methoxy groups -OCH3 is 2. The summed E-state index contributed by atoms with van der Waals surface area (Å²) < 4.78 is 27.6. The van der Waals surface area contributed by atoms with Crippen LogP contribution in [-0.4, -0.2) is 107 Å². The predicted octanol–water partition coefficient (Wildman–Crippen LogP) is -0.639. The molecule has 12 heteroatoms. The van der Waals surface area contributed by atoms with Gasteiger partial charge in [0.05, 0.1) is 34.0 Å². The standard InChI is InChI=1S/C26H34O12/c1-34-18-10-14(4-3-9-27)5-7-16(18)36-20(12-28)22(30)15-6-8-17(19(11-15)35-2)37-26-25(33)24(32)23(31)21(13-29)38-26/h3-8,10-11,20-33H,9,12-13H2,1-2H3/t20-,21+,22-,23+,24-,25+,26+/m0/s1. The zero-order valence-electron chi connectivity index (χ0n) is 21.0. The monoisotopic (exact) mass is 538 g/mol. The highest BCUT2D eigenvalue weighted by atomic mass is 16.7. The second-order valence-corrected chi connectivity index (χ2v) is 8.50. The van der Waals surface area contributed by atoms with Crippen molar-refractivity contribution >= 4 is 6.08 Å². The lowest BCUT2D eigenvalue weighted by Crippen LogP contribution is -2.60. The van der Waals surface area contributed by atoms with E-state index in [4.69, 9.17) is 28.8 Å². The van der Waals surface area contributed by atoms with Crippen molar-refractivity contribution < 1.29 is 59.4 Å². The highest BCUT2D eigenvalue weighted by Crippen LogP contribution is 2.36. The first-order chi connectivity index (χ1) is 18.3. The maximum absolute atomic E-state index is 11.0. The van der Waals surface area contributed by atoms with E-state index in [9.17, 15) is 30.6 Å². The summed E-state index contributed by atoms with van der Waals surface area (Å²) in [6, 6.07) is 9.36. The lowest BCUT2D eigenvalue weighted by Gasteiger charge is -2.39. The molecule has 0 spiro atoms. The molecular formula is C26H34O12. The van der Waals surface area contributed by atoms with Gasteiger partial charge in [0.2, 0.25) is 6.29 Å². The summed E-state index contributed by atoms with van der Waals surface area (Å²) in [5, 5.41) is 69.4. The zero-order valence-corrected chi connectivity index (χ0v) is 21.0. The number of hydrogen-bond donors (Lipinski definition) is 7. The van der Waals surface area contributed by atoms with Gasteiger partial charge in [0.1, 0.15) is 30.5 Å². The van der Waals surface area contributed by atoms with Gasteiger partial charge in [0.15, 0.2) is 29.1 Å². The first kappa shape index (κ1) is 29.6. The van der Waals surface area contributed by atoms with E-state index in [-0.39, 0.29) is 23.9 Å². The molecule has 1 saturated heterocycles. The smallest absolute Gasteiger partial charge is 0.229 e. The highest BCUT2D eigenvalue weighted by molar-refractivity contribution is 5.56. The molecule has 38 heavy (non-hydrogen) atoms. The molecular weight excluding hydrogens is 504 g/mol. The van der Waals surface area contributed by atoms with Gasteiger partial charge in [-0.05, 0) is 35.4 Å². The van der Waals surface area contributed by atoms with Gasteiger partial charge < -0.3 is 59.4 Å². The fourth-order valence-corrected chi connectivity index (χ4v) is 3.91. The molecule has 2 aromatic rings. The largest absolute Gasteiger partial charge is 0.493 e. The lowest BCUT2D eigenvalue weighted by molar-refractivity contribution is -0.277. The number of hydrogen-bond acceptors (Lipinski definition) is 12. The molecule has 0 bridgehead atoms. The molecule has 7 N–H and O–H groups in total. The molecule has 0 aliphatic carbocycles. The molecule has 0 saturated carbocycles. The van der Waals surface area contributed by atoms with Crippen LogP contribution >= 0.6 is 0 Å². The second kappa shape index (κ2) is 13.7. The number of aliphatic hydroxyl groups is 7. The van der Waals surface area contributed by atoms with Crippen LogP contribution in [-0.2, 0) is 4.74 Å². The molecule has 210 valence electrons. The minimum atomic E-state index is -1.62. The minimum absolute atomic E-state index is 0.0856. The fourth-order valence-electron chi connectivity index (χ4n) is 3.91. The number of benzene rings is 2. The average molecular weight is 539 g/mol. The number of ether oxygens (including phenoxy) is 5. The van der Waals surface area contributed by atoms with E-state index < -0.39 is 56.1 Å². The van der Waals surface area contributed by atoms with Gasteiger partial charge in [0.25, 0.3) is 0 Å². The van der Waals surface area contributed by atoms with E-state index >= 15 is 0 Å². The van der Waals surface area contributed by atoms with Gasteiger partial charge in [0, 0.05) is 0 Å². The second-order valence-electron chi connectivity index (χ2n) is 8.50. The Kier molecular flexibility index (Phi) is 10.7. The molecule has 0 aromatic heterocycles. The number of rotatable bonds is 12. The molecule has 1 fully saturated rings. The van der Waals surface area contributed by atoms with Crippen molar-refractivity contribution in [3.05, 3.63) is 53.6 Å². The van der Waals surface area contributed by atoms with Crippen molar-refractivity contribution in [3.8, 4) is 23.0 Å². The van der Waals surface area contributed by atoms with E-state index in [0.29, 0.717) is 11.3 Å². The summed E-state index contributed by atoms with van der Waals surface area (Å²) in [6.07, 6.45) is -6.47.